The number of nitrogens with zero attached hydrogens (tertiary/aromatic N) is 2. The van der Waals surface area contributed by atoms with Crippen molar-refractivity contribution < 1.29 is 12.8 Å². The second kappa shape index (κ2) is 8.24. The van der Waals surface area contributed by atoms with Crippen molar-refractivity contribution in [2.45, 2.75) is 4.90 Å². The molecule has 0 aliphatic carbocycles. The Labute approximate surface area is 171 Å². The quantitative estimate of drug-likeness (QED) is 0.437. The van der Waals surface area contributed by atoms with Crippen LogP contribution in [0.5, 0.6) is 0 Å². The second-order valence-corrected chi connectivity index (χ2v) is 8.88. The monoisotopic (exact) mass is 428 g/mol. The molecule has 2 aromatic carbocycles. The summed E-state index contributed by atoms with van der Waals surface area (Å²) < 4.78 is 40.1. The molecule has 0 bridgehead atoms. The van der Waals surface area contributed by atoms with Crippen LogP contribution in [0.1, 0.15) is 0 Å². The molecule has 0 fully saturated rings. The third-order valence-corrected chi connectivity index (χ3v) is 6.52. The molecule has 0 aliphatic rings. The fourth-order valence-electron chi connectivity index (χ4n) is 2.79. The van der Waals surface area contributed by atoms with Crippen molar-refractivity contribution >= 4 is 38.1 Å². The van der Waals surface area contributed by atoms with Crippen LogP contribution in [0.25, 0.3) is 21.6 Å². The number of hydrogen-bond acceptors (Lipinski definition) is 6. The summed E-state index contributed by atoms with van der Waals surface area (Å²) in [6.07, 6.45) is 0. The highest BCUT2D eigenvalue weighted by Gasteiger charge is 2.14. The van der Waals surface area contributed by atoms with Crippen LogP contribution in [0.2, 0.25) is 0 Å². The lowest BCUT2D eigenvalue weighted by Gasteiger charge is -2.11. The third kappa shape index (κ3) is 4.42. The predicted octanol–water partition coefficient (Wildman–Crippen LogP) is 3.89. The number of fused-ring (bicyclic) bond motifs is 1. The van der Waals surface area contributed by atoms with Gasteiger partial charge in [0, 0.05) is 18.5 Å². The summed E-state index contributed by atoms with van der Waals surface area (Å²) in [5, 5.41) is 6.01. The first-order valence-electron chi connectivity index (χ1n) is 8.83. The maximum atomic E-state index is 13.0. The van der Waals surface area contributed by atoms with E-state index < -0.39 is 15.8 Å². The fraction of sp³-hybridized carbons (Fsp3) is 0.100. The van der Waals surface area contributed by atoms with Crippen molar-refractivity contribution in [3.05, 3.63) is 71.9 Å². The molecule has 2 aromatic heterocycles. The van der Waals surface area contributed by atoms with Crippen LogP contribution in [-0.2, 0) is 10.0 Å². The van der Waals surface area contributed by atoms with E-state index in [2.05, 4.69) is 20.0 Å². The van der Waals surface area contributed by atoms with Gasteiger partial charge in [-0.05, 0) is 47.8 Å². The first-order valence-corrected chi connectivity index (χ1v) is 11.2. The Kier molecular flexibility index (Phi) is 5.52. The fourth-order valence-corrected chi connectivity index (χ4v) is 4.48. The predicted molar refractivity (Wildman–Crippen MR) is 113 cm³/mol. The number of thiophene rings is 1. The largest absolute Gasteiger partial charge is 0.368 e. The van der Waals surface area contributed by atoms with E-state index in [9.17, 15) is 12.8 Å². The lowest BCUT2D eigenvalue weighted by molar-refractivity contribution is 0.582. The van der Waals surface area contributed by atoms with Crippen LogP contribution < -0.4 is 10.0 Å². The molecule has 2 N–H and O–H groups in total. The van der Waals surface area contributed by atoms with Crippen molar-refractivity contribution in [1.29, 1.82) is 0 Å². The molecule has 6 nitrogen and oxygen atoms in total. The molecule has 4 rings (SSSR count). The number of hydrogen-bond donors (Lipinski definition) is 2. The van der Waals surface area contributed by atoms with Crippen molar-refractivity contribution in [1.82, 2.24) is 14.7 Å². The minimum Gasteiger partial charge on any atom is -0.368 e. The van der Waals surface area contributed by atoms with Gasteiger partial charge in [0.1, 0.15) is 11.6 Å². The van der Waals surface area contributed by atoms with Gasteiger partial charge in [-0.25, -0.2) is 27.5 Å². The molecule has 4 aromatic rings. The highest BCUT2D eigenvalue weighted by atomic mass is 32.2. The Morgan fingerprint density at radius 1 is 0.931 bits per heavy atom. The lowest BCUT2D eigenvalue weighted by atomic mass is 10.2. The van der Waals surface area contributed by atoms with E-state index in [1.54, 1.807) is 11.3 Å². The molecule has 29 heavy (non-hydrogen) atoms. The van der Waals surface area contributed by atoms with Crippen LogP contribution in [-0.4, -0.2) is 31.5 Å². The summed E-state index contributed by atoms with van der Waals surface area (Å²) in [7, 11) is -3.71. The summed E-state index contributed by atoms with van der Waals surface area (Å²) >= 11 is 1.55. The minimum absolute atomic E-state index is 0.0198. The molecule has 0 amide bonds. The number of nitrogens with one attached hydrogen (secondary N) is 2. The van der Waals surface area contributed by atoms with E-state index in [4.69, 9.17) is 0 Å². The normalized spacial score (nSPS) is 11.6. The number of halogens is 1. The average molecular weight is 429 g/mol. The van der Waals surface area contributed by atoms with Gasteiger partial charge >= 0.3 is 0 Å². The van der Waals surface area contributed by atoms with Gasteiger partial charge in [-0.15, -0.1) is 11.3 Å². The van der Waals surface area contributed by atoms with Gasteiger partial charge in [0.25, 0.3) is 0 Å². The van der Waals surface area contributed by atoms with Crippen molar-refractivity contribution in [3.8, 4) is 10.7 Å². The van der Waals surface area contributed by atoms with E-state index in [0.717, 1.165) is 27.9 Å². The molecule has 0 saturated heterocycles. The summed E-state index contributed by atoms with van der Waals surface area (Å²) in [5.41, 5.74) is 0.806. The van der Waals surface area contributed by atoms with E-state index in [-0.39, 0.29) is 11.4 Å². The molecule has 0 spiro atoms. The third-order valence-electron chi connectivity index (χ3n) is 4.18. The number of benzene rings is 2. The molecule has 0 radical (unpaired) electrons. The molecule has 0 saturated carbocycles. The molecule has 0 unspecified atom stereocenters. The van der Waals surface area contributed by atoms with Crippen LogP contribution >= 0.6 is 11.3 Å². The SMILES string of the molecule is O=S(=O)(NCCNc1nc(-c2cccs2)nc2ccccc12)c1ccc(F)cc1. The standard InChI is InChI=1S/C20H17FN4O2S2/c21-14-7-9-15(10-8-14)29(26,27)23-12-11-22-19-16-4-1-2-5-17(16)24-20(25-19)18-6-3-13-28-18/h1-10,13,23H,11-12H2,(H,22,24,25). The molecule has 2 heterocycles. The van der Waals surface area contributed by atoms with E-state index in [0.29, 0.717) is 18.2 Å². The zero-order valence-corrected chi connectivity index (χ0v) is 16.8. The lowest BCUT2D eigenvalue weighted by Crippen LogP contribution is -2.29. The summed E-state index contributed by atoms with van der Waals surface area (Å²) in [5.74, 6) is 0.774. The smallest absolute Gasteiger partial charge is 0.240 e. The molecule has 148 valence electrons. The Hall–Kier alpha value is -2.88. The van der Waals surface area contributed by atoms with E-state index in [1.165, 1.54) is 12.1 Å². The van der Waals surface area contributed by atoms with Crippen LogP contribution in [0.3, 0.4) is 0 Å². The topological polar surface area (TPSA) is 84.0 Å². The Morgan fingerprint density at radius 3 is 2.48 bits per heavy atom. The summed E-state index contributed by atoms with van der Waals surface area (Å²) in [6, 6.07) is 16.2. The van der Waals surface area contributed by atoms with Gasteiger partial charge in [0.2, 0.25) is 10.0 Å². The maximum Gasteiger partial charge on any atom is 0.240 e. The van der Waals surface area contributed by atoms with Gasteiger partial charge in [-0.2, -0.15) is 0 Å². The van der Waals surface area contributed by atoms with Gasteiger partial charge in [0.15, 0.2) is 5.82 Å². The number of sulfonamides is 1. The number of rotatable bonds is 7. The summed E-state index contributed by atoms with van der Waals surface area (Å²) in [6.45, 7) is 0.470. The van der Waals surface area contributed by atoms with Gasteiger partial charge in [-0.1, -0.05) is 18.2 Å². The van der Waals surface area contributed by atoms with Crippen molar-refractivity contribution in [2.24, 2.45) is 0 Å². The van der Waals surface area contributed by atoms with Crippen LogP contribution in [0.15, 0.2) is 70.9 Å². The van der Waals surface area contributed by atoms with Crippen LogP contribution in [0.4, 0.5) is 10.2 Å². The molecular weight excluding hydrogens is 411 g/mol. The Morgan fingerprint density at radius 2 is 1.72 bits per heavy atom. The van der Waals surface area contributed by atoms with Crippen molar-refractivity contribution in [3.63, 3.8) is 0 Å². The van der Waals surface area contributed by atoms with Gasteiger partial charge < -0.3 is 5.32 Å². The van der Waals surface area contributed by atoms with Gasteiger partial charge in [-0.3, -0.25) is 0 Å². The van der Waals surface area contributed by atoms with Gasteiger partial charge in [0.05, 0.1) is 15.3 Å². The number of para-hydroxylation sites is 1. The summed E-state index contributed by atoms with van der Waals surface area (Å²) in [4.78, 5) is 10.2. The Balaban J connectivity index is 1.49. The zero-order valence-electron chi connectivity index (χ0n) is 15.2. The first-order chi connectivity index (χ1) is 14.0. The van der Waals surface area contributed by atoms with Crippen LogP contribution in [0, 0.1) is 5.82 Å². The maximum absolute atomic E-state index is 13.0. The second-order valence-electron chi connectivity index (χ2n) is 6.17. The highest BCUT2D eigenvalue weighted by Crippen LogP contribution is 2.27. The molecule has 0 aliphatic heterocycles. The molecule has 0 atom stereocenters. The number of anilines is 1. The molecular formula is C20H17FN4O2S2. The molecule has 9 heteroatoms. The number of aromatic nitrogens is 2. The zero-order chi connectivity index (χ0) is 20.3. The van der Waals surface area contributed by atoms with E-state index in [1.807, 2.05) is 41.8 Å². The highest BCUT2D eigenvalue weighted by molar-refractivity contribution is 7.89. The Bertz CT molecular complexity index is 1230. The first kappa shape index (κ1) is 19.4. The minimum atomic E-state index is -3.71. The van der Waals surface area contributed by atoms with Crippen molar-refractivity contribution in [2.75, 3.05) is 18.4 Å². The van der Waals surface area contributed by atoms with E-state index >= 15 is 0 Å². The average Bonchev–Trinajstić information content (AvgIpc) is 3.26.